The Kier molecular flexibility index (Phi) is 3.90. The normalized spacial score (nSPS) is 11.8. The van der Waals surface area contributed by atoms with Crippen molar-refractivity contribution in [3.63, 3.8) is 0 Å². The predicted octanol–water partition coefficient (Wildman–Crippen LogP) is 4.51. The maximum absolute atomic E-state index is 5.84. The molecule has 2 rings (SSSR count). The molecule has 0 amide bonds. The second-order valence-electron chi connectivity index (χ2n) is 3.14. The molecule has 0 aliphatic rings. The Morgan fingerprint density at radius 3 is 2.47 bits per heavy atom. The summed E-state index contributed by atoms with van der Waals surface area (Å²) >= 11 is 26.3. The lowest BCUT2D eigenvalue weighted by atomic mass is 10.3. The fourth-order valence-electron chi connectivity index (χ4n) is 1.18. The number of nitrogens with zero attached hydrogens (tertiary/aromatic N) is 3. The van der Waals surface area contributed by atoms with E-state index >= 15 is 0 Å². The van der Waals surface area contributed by atoms with Crippen molar-refractivity contribution in [3.8, 4) is 5.69 Å². The van der Waals surface area contributed by atoms with Gasteiger partial charge in [-0.3, -0.25) is 0 Å². The van der Waals surface area contributed by atoms with Crippen LogP contribution >= 0.6 is 62.3 Å². The molecular weight excluding hydrogens is 372 g/mol. The van der Waals surface area contributed by atoms with Gasteiger partial charge in [0.15, 0.2) is 0 Å². The molecule has 0 unspecified atom stereocenters. The van der Waals surface area contributed by atoms with Crippen molar-refractivity contribution in [2.24, 2.45) is 0 Å². The average Bonchev–Trinajstić information content (AvgIpc) is 2.65. The van der Waals surface area contributed by atoms with Gasteiger partial charge in [0.1, 0.15) is 5.69 Å². The highest BCUT2D eigenvalue weighted by Crippen LogP contribution is 2.37. The van der Waals surface area contributed by atoms with Crippen molar-refractivity contribution >= 4 is 62.3 Å². The molecule has 1 aromatic carbocycles. The standard InChI is InChI=1S/C9H4BrCl4N3/c10-6-3-5(11)1-2-7(6)17-4-8(15-16-17)9(12,13)14/h1-4H. The molecule has 17 heavy (non-hydrogen) atoms. The predicted molar refractivity (Wildman–Crippen MR) is 73.3 cm³/mol. The van der Waals surface area contributed by atoms with Crippen LogP contribution in [0, 0.1) is 0 Å². The monoisotopic (exact) mass is 373 g/mol. The molecule has 0 fully saturated rings. The van der Waals surface area contributed by atoms with Gasteiger partial charge in [0.05, 0.1) is 11.9 Å². The number of hydrogen-bond acceptors (Lipinski definition) is 2. The van der Waals surface area contributed by atoms with Crippen molar-refractivity contribution in [3.05, 3.63) is 39.6 Å². The minimum absolute atomic E-state index is 0.254. The molecule has 1 aromatic heterocycles. The smallest absolute Gasteiger partial charge is 0.219 e. The number of alkyl halides is 3. The van der Waals surface area contributed by atoms with Gasteiger partial charge in [-0.25, -0.2) is 4.68 Å². The first-order valence-electron chi connectivity index (χ1n) is 4.33. The van der Waals surface area contributed by atoms with Gasteiger partial charge in [-0.1, -0.05) is 51.6 Å². The zero-order valence-corrected chi connectivity index (χ0v) is 12.7. The van der Waals surface area contributed by atoms with E-state index in [2.05, 4.69) is 26.2 Å². The largest absolute Gasteiger partial charge is 0.235 e. The summed E-state index contributed by atoms with van der Waals surface area (Å²) in [5, 5.41) is 8.29. The summed E-state index contributed by atoms with van der Waals surface area (Å²) in [5.41, 5.74) is 1.01. The average molecular weight is 376 g/mol. The van der Waals surface area contributed by atoms with Crippen LogP contribution in [-0.2, 0) is 3.79 Å². The van der Waals surface area contributed by atoms with Gasteiger partial charge in [-0.2, -0.15) is 0 Å². The van der Waals surface area contributed by atoms with E-state index in [0.29, 0.717) is 5.02 Å². The van der Waals surface area contributed by atoms with E-state index in [4.69, 9.17) is 46.4 Å². The van der Waals surface area contributed by atoms with Crippen LogP contribution in [0.4, 0.5) is 0 Å². The zero-order valence-electron chi connectivity index (χ0n) is 8.04. The molecule has 3 nitrogen and oxygen atoms in total. The number of halogens is 5. The first kappa shape index (κ1) is 13.4. The summed E-state index contributed by atoms with van der Waals surface area (Å²) in [7, 11) is 0. The van der Waals surface area contributed by atoms with Crippen LogP contribution in [-0.4, -0.2) is 15.0 Å². The van der Waals surface area contributed by atoms with Crippen molar-refractivity contribution in [1.29, 1.82) is 0 Å². The number of benzene rings is 1. The first-order valence-corrected chi connectivity index (χ1v) is 6.63. The second-order valence-corrected chi connectivity index (χ2v) is 6.71. The molecule has 0 aliphatic heterocycles. The minimum Gasteiger partial charge on any atom is -0.219 e. The summed E-state index contributed by atoms with van der Waals surface area (Å²) < 4.78 is 0.681. The molecule has 0 saturated carbocycles. The highest BCUT2D eigenvalue weighted by Gasteiger charge is 2.27. The van der Waals surface area contributed by atoms with Crippen LogP contribution in [0.1, 0.15) is 5.69 Å². The van der Waals surface area contributed by atoms with Crippen molar-refractivity contribution in [2.75, 3.05) is 0 Å². The minimum atomic E-state index is -1.59. The Hall–Kier alpha value is -0.000000000000000167. The van der Waals surface area contributed by atoms with Crippen LogP contribution < -0.4 is 0 Å². The van der Waals surface area contributed by atoms with Crippen LogP contribution in [0.15, 0.2) is 28.9 Å². The van der Waals surface area contributed by atoms with E-state index in [1.54, 1.807) is 24.4 Å². The highest BCUT2D eigenvalue weighted by atomic mass is 79.9. The van der Waals surface area contributed by atoms with Gasteiger partial charge in [-0.05, 0) is 34.1 Å². The number of aromatic nitrogens is 3. The fraction of sp³-hybridized carbons (Fsp3) is 0.111. The molecule has 8 heteroatoms. The molecule has 90 valence electrons. The van der Waals surface area contributed by atoms with E-state index in [-0.39, 0.29) is 5.69 Å². The van der Waals surface area contributed by atoms with Gasteiger partial charge in [0.25, 0.3) is 0 Å². The maximum atomic E-state index is 5.84. The van der Waals surface area contributed by atoms with E-state index in [9.17, 15) is 0 Å². The zero-order chi connectivity index (χ0) is 12.6. The van der Waals surface area contributed by atoms with E-state index in [1.807, 2.05) is 0 Å². The van der Waals surface area contributed by atoms with Gasteiger partial charge in [-0.15, -0.1) is 5.10 Å². The molecule has 2 aromatic rings. The molecule has 1 heterocycles. The Balaban J connectivity index is 2.44. The lowest BCUT2D eigenvalue weighted by molar-refractivity contribution is 0.796. The fourth-order valence-corrected chi connectivity index (χ4v) is 2.30. The second kappa shape index (κ2) is 4.94. The molecule has 0 bridgehead atoms. The summed E-state index contributed by atoms with van der Waals surface area (Å²) in [6, 6.07) is 5.26. The van der Waals surface area contributed by atoms with Gasteiger partial charge in [0.2, 0.25) is 3.79 Å². The van der Waals surface area contributed by atoms with Gasteiger partial charge in [0, 0.05) is 9.50 Å². The molecule has 0 N–H and O–H groups in total. The summed E-state index contributed by atoms with van der Waals surface area (Å²) in [4.78, 5) is 0. The molecular formula is C9H4BrCl4N3. The lowest BCUT2D eigenvalue weighted by Crippen LogP contribution is -2.00. The Morgan fingerprint density at radius 1 is 1.24 bits per heavy atom. The van der Waals surface area contributed by atoms with Crippen LogP contribution in [0.25, 0.3) is 5.69 Å². The quantitative estimate of drug-likeness (QED) is 0.686. The van der Waals surface area contributed by atoms with Crippen molar-refractivity contribution in [2.45, 2.75) is 3.79 Å². The molecule has 0 aliphatic carbocycles. The first-order chi connectivity index (χ1) is 7.88. The Bertz CT molecular complexity index is 549. The lowest BCUT2D eigenvalue weighted by Gasteiger charge is -2.05. The molecule has 0 atom stereocenters. The van der Waals surface area contributed by atoms with Crippen LogP contribution in [0.2, 0.25) is 5.02 Å². The third-order valence-corrected chi connectivity index (χ3v) is 3.39. The third-order valence-electron chi connectivity index (χ3n) is 1.94. The van der Waals surface area contributed by atoms with Gasteiger partial charge < -0.3 is 0 Å². The van der Waals surface area contributed by atoms with Crippen LogP contribution in [0.3, 0.4) is 0 Å². The van der Waals surface area contributed by atoms with Crippen molar-refractivity contribution in [1.82, 2.24) is 15.0 Å². The van der Waals surface area contributed by atoms with Crippen molar-refractivity contribution < 1.29 is 0 Å². The molecule has 0 saturated heterocycles. The summed E-state index contributed by atoms with van der Waals surface area (Å²) in [5.74, 6) is 0. The SMILES string of the molecule is Clc1ccc(-n2cc(C(Cl)(Cl)Cl)nn2)c(Br)c1. The van der Waals surface area contributed by atoms with E-state index in [1.165, 1.54) is 4.68 Å². The number of hydrogen-bond donors (Lipinski definition) is 0. The maximum Gasteiger partial charge on any atom is 0.235 e. The number of rotatable bonds is 1. The molecule has 0 spiro atoms. The highest BCUT2D eigenvalue weighted by molar-refractivity contribution is 9.10. The van der Waals surface area contributed by atoms with E-state index < -0.39 is 3.79 Å². The van der Waals surface area contributed by atoms with E-state index in [0.717, 1.165) is 10.2 Å². The topological polar surface area (TPSA) is 30.7 Å². The van der Waals surface area contributed by atoms with Gasteiger partial charge >= 0.3 is 0 Å². The Morgan fingerprint density at radius 2 is 1.94 bits per heavy atom. The third kappa shape index (κ3) is 3.06. The van der Waals surface area contributed by atoms with Crippen LogP contribution in [0.5, 0.6) is 0 Å². The summed E-state index contributed by atoms with van der Waals surface area (Å²) in [6.07, 6.45) is 1.54. The Labute approximate surface area is 126 Å². The summed E-state index contributed by atoms with van der Waals surface area (Å²) in [6.45, 7) is 0. The molecule has 0 radical (unpaired) electrons.